The van der Waals surface area contributed by atoms with Crippen molar-refractivity contribution in [3.05, 3.63) is 53.9 Å². The summed E-state index contributed by atoms with van der Waals surface area (Å²) in [6.45, 7) is 5.36. The second-order valence-corrected chi connectivity index (χ2v) is 3.30. The summed E-state index contributed by atoms with van der Waals surface area (Å²) in [6, 6.07) is 9.33. The summed E-state index contributed by atoms with van der Waals surface area (Å²) in [5, 5.41) is 7.60. The summed E-state index contributed by atoms with van der Waals surface area (Å²) < 4.78 is 5.23. The van der Waals surface area contributed by atoms with E-state index < -0.39 is 0 Å². The van der Waals surface area contributed by atoms with Gasteiger partial charge in [-0.25, -0.2) is 0 Å². The highest BCUT2D eigenvalue weighted by molar-refractivity contribution is 5.94. The highest BCUT2D eigenvalue weighted by atomic mass is 16.5. The maximum absolute atomic E-state index is 7.60. The minimum absolute atomic E-state index is 0.0749. The van der Waals surface area contributed by atoms with Gasteiger partial charge in [0.2, 0.25) is 5.90 Å². The van der Waals surface area contributed by atoms with Gasteiger partial charge in [0.25, 0.3) is 0 Å². The first kappa shape index (κ1) is 11.8. The van der Waals surface area contributed by atoms with Crippen molar-refractivity contribution >= 4 is 11.7 Å². The van der Waals surface area contributed by atoms with Crippen LogP contribution >= 0.6 is 0 Å². The minimum Gasteiger partial charge on any atom is -0.439 e. The largest absolute Gasteiger partial charge is 0.439 e. The molecule has 0 bridgehead atoms. The number of nitrogens with two attached hydrogens (primary N) is 2. The molecule has 0 saturated carbocycles. The Morgan fingerprint density at radius 2 is 1.81 bits per heavy atom. The topological polar surface area (TPSA) is 85.1 Å². The molecule has 4 nitrogen and oxygen atoms in total. The molecule has 0 unspecified atom stereocenters. The molecule has 1 aromatic carbocycles. The molecular weight excluding hydrogens is 202 g/mol. The number of ether oxygens (including phenoxy) is 1. The molecule has 0 aliphatic rings. The van der Waals surface area contributed by atoms with E-state index in [1.165, 1.54) is 0 Å². The Morgan fingerprint density at radius 1 is 1.25 bits per heavy atom. The molecule has 1 rings (SSSR count). The fraction of sp³-hybridized carbons (Fsp3) is 0.0833. The molecule has 0 aliphatic heterocycles. The highest BCUT2D eigenvalue weighted by Gasteiger charge is 2.07. The van der Waals surface area contributed by atoms with Gasteiger partial charge in [-0.3, -0.25) is 5.41 Å². The predicted octanol–water partition coefficient (Wildman–Crippen LogP) is 1.80. The molecule has 4 heteroatoms. The number of nitrogens with one attached hydrogen (secondary N) is 1. The first-order valence-electron chi connectivity index (χ1n) is 4.75. The zero-order valence-corrected chi connectivity index (χ0v) is 9.16. The molecule has 0 fully saturated rings. The third-order valence-corrected chi connectivity index (χ3v) is 2.09. The molecule has 5 N–H and O–H groups in total. The lowest BCUT2D eigenvalue weighted by molar-refractivity contribution is 0.503. The van der Waals surface area contributed by atoms with E-state index in [1.54, 1.807) is 6.92 Å². The van der Waals surface area contributed by atoms with Gasteiger partial charge in [-0.15, -0.1) is 0 Å². The Morgan fingerprint density at radius 3 is 2.31 bits per heavy atom. The van der Waals surface area contributed by atoms with E-state index in [4.69, 9.17) is 21.6 Å². The molecule has 0 saturated heterocycles. The fourth-order valence-electron chi connectivity index (χ4n) is 1.01. The van der Waals surface area contributed by atoms with Crippen LogP contribution in [-0.2, 0) is 4.74 Å². The van der Waals surface area contributed by atoms with Gasteiger partial charge < -0.3 is 16.2 Å². The molecule has 16 heavy (non-hydrogen) atoms. The van der Waals surface area contributed by atoms with Gasteiger partial charge in [-0.05, 0) is 6.92 Å². The van der Waals surface area contributed by atoms with Gasteiger partial charge in [0.15, 0.2) is 0 Å². The lowest BCUT2D eigenvalue weighted by Crippen LogP contribution is -2.16. The van der Waals surface area contributed by atoms with Crippen molar-refractivity contribution in [2.45, 2.75) is 6.92 Å². The predicted molar refractivity (Wildman–Crippen MR) is 65.4 cm³/mol. The van der Waals surface area contributed by atoms with Gasteiger partial charge in [0.1, 0.15) is 11.6 Å². The van der Waals surface area contributed by atoms with Crippen LogP contribution in [0.2, 0.25) is 0 Å². The second kappa shape index (κ2) is 5.02. The van der Waals surface area contributed by atoms with Crippen molar-refractivity contribution in [3.63, 3.8) is 0 Å². The number of hydrogen-bond donors (Lipinski definition) is 3. The lowest BCUT2D eigenvalue weighted by atomic mass is 10.2. The Hall–Kier alpha value is -2.23. The second-order valence-electron chi connectivity index (χ2n) is 3.30. The third-order valence-electron chi connectivity index (χ3n) is 2.09. The van der Waals surface area contributed by atoms with Gasteiger partial charge >= 0.3 is 0 Å². The van der Waals surface area contributed by atoms with Gasteiger partial charge in [-0.2, -0.15) is 0 Å². The lowest BCUT2D eigenvalue weighted by Gasteiger charge is -2.10. The van der Waals surface area contributed by atoms with Gasteiger partial charge in [0, 0.05) is 5.56 Å². The molecule has 0 amide bonds. The van der Waals surface area contributed by atoms with E-state index in [-0.39, 0.29) is 11.7 Å². The standard InChI is InChI=1S/C12H15N3O/c1-8(11(13)14)12(15)16-9(2)10-6-4-3-5-7-10/h3-7,15H,2,13-14H2,1H3. The molecule has 84 valence electrons. The average Bonchev–Trinajstić information content (AvgIpc) is 2.28. The number of rotatable bonds is 3. The maximum Gasteiger partial charge on any atom is 0.218 e. The summed E-state index contributed by atoms with van der Waals surface area (Å²) in [5.74, 6) is 0.380. The number of benzene rings is 1. The van der Waals surface area contributed by atoms with E-state index in [9.17, 15) is 0 Å². The summed E-state index contributed by atoms with van der Waals surface area (Å²) in [7, 11) is 0. The molecule has 0 atom stereocenters. The van der Waals surface area contributed by atoms with Crippen molar-refractivity contribution in [1.82, 2.24) is 0 Å². The zero-order valence-electron chi connectivity index (χ0n) is 9.16. The fourth-order valence-corrected chi connectivity index (χ4v) is 1.01. The van der Waals surface area contributed by atoms with E-state index in [1.807, 2.05) is 30.3 Å². The van der Waals surface area contributed by atoms with Crippen LogP contribution < -0.4 is 11.5 Å². The van der Waals surface area contributed by atoms with Crippen LogP contribution in [0.5, 0.6) is 0 Å². The Kier molecular flexibility index (Phi) is 3.72. The van der Waals surface area contributed by atoms with Crippen LogP contribution in [0, 0.1) is 5.41 Å². The summed E-state index contributed by atoms with van der Waals surface area (Å²) >= 11 is 0. The summed E-state index contributed by atoms with van der Waals surface area (Å²) in [4.78, 5) is 0. The molecule has 0 heterocycles. The van der Waals surface area contributed by atoms with Crippen molar-refractivity contribution in [2.24, 2.45) is 11.5 Å². The highest BCUT2D eigenvalue weighted by Crippen LogP contribution is 2.15. The van der Waals surface area contributed by atoms with Crippen LogP contribution in [0.15, 0.2) is 48.3 Å². The van der Waals surface area contributed by atoms with E-state index >= 15 is 0 Å². The monoisotopic (exact) mass is 217 g/mol. The molecule has 0 aromatic heterocycles. The quantitative estimate of drug-likeness (QED) is 0.410. The zero-order chi connectivity index (χ0) is 12.1. The first-order valence-corrected chi connectivity index (χ1v) is 4.75. The Balaban J connectivity index is 2.74. The van der Waals surface area contributed by atoms with E-state index in [2.05, 4.69) is 6.58 Å². The van der Waals surface area contributed by atoms with Crippen molar-refractivity contribution in [1.29, 1.82) is 5.41 Å². The van der Waals surface area contributed by atoms with Crippen LogP contribution in [0.25, 0.3) is 5.76 Å². The van der Waals surface area contributed by atoms with Crippen LogP contribution in [-0.4, -0.2) is 5.90 Å². The molecule has 0 aliphatic carbocycles. The Labute approximate surface area is 94.7 Å². The normalized spacial score (nSPS) is 9.31. The molecule has 0 radical (unpaired) electrons. The van der Waals surface area contributed by atoms with Gasteiger partial charge in [-0.1, -0.05) is 36.9 Å². The minimum atomic E-state index is -0.0890. The van der Waals surface area contributed by atoms with Crippen molar-refractivity contribution < 1.29 is 4.74 Å². The smallest absolute Gasteiger partial charge is 0.218 e. The number of hydrogen-bond acceptors (Lipinski definition) is 4. The van der Waals surface area contributed by atoms with Crippen LogP contribution in [0.4, 0.5) is 0 Å². The Bertz CT molecular complexity index is 431. The third kappa shape index (κ3) is 2.88. The molecular formula is C12H15N3O. The SMILES string of the molecule is C=C(OC(=N)C(C)=C(N)N)c1ccccc1. The van der Waals surface area contributed by atoms with Gasteiger partial charge in [0.05, 0.1) is 5.57 Å². The van der Waals surface area contributed by atoms with E-state index in [0.29, 0.717) is 11.3 Å². The summed E-state index contributed by atoms with van der Waals surface area (Å²) in [6.07, 6.45) is 0. The van der Waals surface area contributed by atoms with Crippen LogP contribution in [0.1, 0.15) is 12.5 Å². The van der Waals surface area contributed by atoms with Crippen LogP contribution in [0.3, 0.4) is 0 Å². The van der Waals surface area contributed by atoms with Crippen molar-refractivity contribution in [2.75, 3.05) is 0 Å². The molecule has 0 spiro atoms. The first-order chi connectivity index (χ1) is 7.52. The van der Waals surface area contributed by atoms with Crippen molar-refractivity contribution in [3.8, 4) is 0 Å². The average molecular weight is 217 g/mol. The van der Waals surface area contributed by atoms with E-state index in [0.717, 1.165) is 5.56 Å². The maximum atomic E-state index is 7.60. The summed E-state index contributed by atoms with van der Waals surface area (Å²) in [5.41, 5.74) is 11.9. The molecule has 1 aromatic rings.